The average molecular weight is 463 g/mol. The molecule has 0 N–H and O–H groups in total. The first-order chi connectivity index (χ1) is 9.44. The van der Waals surface area contributed by atoms with Crippen LogP contribution in [0.2, 0.25) is 0 Å². The first-order valence-corrected chi connectivity index (χ1v) is 9.44. The molecular weight excluding hydrogens is 451 g/mol. The van der Waals surface area contributed by atoms with Crippen LogP contribution >= 0.6 is 38.5 Å². The first kappa shape index (κ1) is 15.7. The third-order valence-corrected chi connectivity index (χ3v) is 5.15. The maximum atomic E-state index is 12.0. The van der Waals surface area contributed by atoms with Crippen LogP contribution in [0.25, 0.3) is 6.08 Å². The van der Waals surface area contributed by atoms with Crippen molar-refractivity contribution in [2.45, 2.75) is 5.75 Å². The summed E-state index contributed by atoms with van der Waals surface area (Å²) in [5, 5.41) is 1.27. The van der Waals surface area contributed by atoms with E-state index in [0.29, 0.717) is 0 Å². The van der Waals surface area contributed by atoms with Crippen molar-refractivity contribution in [3.05, 3.63) is 73.1 Å². The van der Waals surface area contributed by atoms with E-state index in [1.165, 1.54) is 5.41 Å². The fourth-order valence-corrected chi connectivity index (χ4v) is 3.36. The second kappa shape index (κ2) is 6.87. The van der Waals surface area contributed by atoms with Crippen LogP contribution in [0, 0.1) is 3.57 Å². The molecule has 0 aliphatic rings. The van der Waals surface area contributed by atoms with Gasteiger partial charge in [-0.2, -0.15) is 0 Å². The molecule has 0 saturated carbocycles. The van der Waals surface area contributed by atoms with Crippen molar-refractivity contribution in [1.29, 1.82) is 0 Å². The molecule has 0 fully saturated rings. The topological polar surface area (TPSA) is 34.1 Å². The molecular formula is C15H12BrIO2S. The Bertz CT molecular complexity index is 705. The van der Waals surface area contributed by atoms with E-state index in [9.17, 15) is 8.42 Å². The Balaban J connectivity index is 2.11. The van der Waals surface area contributed by atoms with Gasteiger partial charge in [0.15, 0.2) is 9.84 Å². The summed E-state index contributed by atoms with van der Waals surface area (Å²) in [5.41, 5.74) is 1.66. The maximum Gasteiger partial charge on any atom is 0.175 e. The van der Waals surface area contributed by atoms with Crippen LogP contribution in [-0.2, 0) is 15.6 Å². The molecule has 0 aromatic heterocycles. The van der Waals surface area contributed by atoms with Gasteiger partial charge in [-0.25, -0.2) is 8.42 Å². The van der Waals surface area contributed by atoms with Crippen LogP contribution in [0.5, 0.6) is 0 Å². The fourth-order valence-electron chi connectivity index (χ4n) is 1.62. The van der Waals surface area contributed by atoms with Crippen molar-refractivity contribution < 1.29 is 8.42 Å². The van der Waals surface area contributed by atoms with E-state index >= 15 is 0 Å². The molecule has 0 amide bonds. The van der Waals surface area contributed by atoms with Gasteiger partial charge in [-0.1, -0.05) is 40.2 Å². The van der Waals surface area contributed by atoms with E-state index in [-0.39, 0.29) is 5.75 Å². The van der Waals surface area contributed by atoms with Gasteiger partial charge in [-0.15, -0.1) is 0 Å². The normalized spacial score (nSPS) is 11.9. The summed E-state index contributed by atoms with van der Waals surface area (Å²) in [6.45, 7) is 0. The second-order valence-corrected chi connectivity index (χ2v) is 8.34. The van der Waals surface area contributed by atoms with Gasteiger partial charge >= 0.3 is 0 Å². The molecule has 0 radical (unpaired) electrons. The zero-order valence-electron chi connectivity index (χ0n) is 10.5. The van der Waals surface area contributed by atoms with Crippen LogP contribution in [0.1, 0.15) is 11.1 Å². The summed E-state index contributed by atoms with van der Waals surface area (Å²) in [5.74, 6) is 0.0248. The summed E-state index contributed by atoms with van der Waals surface area (Å²) < 4.78 is 26.1. The Morgan fingerprint density at radius 3 is 2.20 bits per heavy atom. The molecule has 20 heavy (non-hydrogen) atoms. The Morgan fingerprint density at radius 1 is 1.00 bits per heavy atom. The van der Waals surface area contributed by atoms with Gasteiger partial charge in [0.05, 0.1) is 5.75 Å². The van der Waals surface area contributed by atoms with Crippen molar-refractivity contribution in [2.75, 3.05) is 0 Å². The number of sulfone groups is 1. The molecule has 0 atom stereocenters. The highest BCUT2D eigenvalue weighted by Gasteiger charge is 2.07. The van der Waals surface area contributed by atoms with Gasteiger partial charge in [-0.3, -0.25) is 0 Å². The molecule has 0 spiro atoms. The minimum atomic E-state index is -3.25. The Hall–Kier alpha value is -0.660. The predicted octanol–water partition coefficient (Wildman–Crippen LogP) is 4.64. The standard InChI is InChI=1S/C15H12BrIO2S/c16-14-5-1-12(2-6-14)9-10-20(18,19)11-13-3-7-15(17)8-4-13/h1-10H,11H2. The summed E-state index contributed by atoms with van der Waals surface area (Å²) in [7, 11) is -3.25. The van der Waals surface area contributed by atoms with Crippen molar-refractivity contribution >= 4 is 54.4 Å². The molecule has 0 unspecified atom stereocenters. The third-order valence-electron chi connectivity index (χ3n) is 2.62. The summed E-state index contributed by atoms with van der Waals surface area (Å²) in [6, 6.07) is 15.0. The van der Waals surface area contributed by atoms with Gasteiger partial charge in [-0.05, 0) is 64.1 Å². The number of hydrogen-bond donors (Lipinski definition) is 0. The van der Waals surface area contributed by atoms with Crippen molar-refractivity contribution in [3.63, 3.8) is 0 Å². The Labute approximate surface area is 141 Å². The van der Waals surface area contributed by atoms with Gasteiger partial charge in [0.1, 0.15) is 0 Å². The molecule has 2 nitrogen and oxygen atoms in total. The minimum absolute atomic E-state index is 0.0248. The number of hydrogen-bond acceptors (Lipinski definition) is 2. The number of benzene rings is 2. The van der Waals surface area contributed by atoms with E-state index in [1.54, 1.807) is 6.08 Å². The summed E-state index contributed by atoms with van der Waals surface area (Å²) >= 11 is 5.54. The van der Waals surface area contributed by atoms with Gasteiger partial charge < -0.3 is 0 Å². The van der Waals surface area contributed by atoms with Crippen LogP contribution in [0.3, 0.4) is 0 Å². The number of halogens is 2. The van der Waals surface area contributed by atoms with Crippen LogP contribution in [-0.4, -0.2) is 8.42 Å². The largest absolute Gasteiger partial charge is 0.224 e. The van der Waals surface area contributed by atoms with Crippen molar-refractivity contribution in [3.8, 4) is 0 Å². The lowest BCUT2D eigenvalue weighted by molar-refractivity contribution is 0.604. The summed E-state index contributed by atoms with van der Waals surface area (Å²) in [4.78, 5) is 0. The van der Waals surface area contributed by atoms with E-state index in [0.717, 1.165) is 19.2 Å². The molecule has 0 saturated heterocycles. The van der Waals surface area contributed by atoms with Crippen LogP contribution in [0.4, 0.5) is 0 Å². The fraction of sp³-hybridized carbons (Fsp3) is 0.0667. The predicted molar refractivity (Wildman–Crippen MR) is 95.0 cm³/mol. The zero-order chi connectivity index (χ0) is 14.6. The highest BCUT2D eigenvalue weighted by Crippen LogP contribution is 2.14. The lowest BCUT2D eigenvalue weighted by Gasteiger charge is -2.00. The van der Waals surface area contributed by atoms with E-state index in [4.69, 9.17) is 0 Å². The van der Waals surface area contributed by atoms with Gasteiger partial charge in [0, 0.05) is 13.5 Å². The summed E-state index contributed by atoms with van der Waals surface area (Å²) in [6.07, 6.45) is 1.62. The molecule has 104 valence electrons. The lowest BCUT2D eigenvalue weighted by atomic mass is 10.2. The molecule has 2 rings (SSSR count). The van der Waals surface area contributed by atoms with Crippen LogP contribution < -0.4 is 0 Å². The third kappa shape index (κ3) is 5.03. The van der Waals surface area contributed by atoms with Gasteiger partial charge in [0.25, 0.3) is 0 Å². The van der Waals surface area contributed by atoms with Crippen molar-refractivity contribution in [2.24, 2.45) is 0 Å². The lowest BCUT2D eigenvalue weighted by Crippen LogP contribution is -1.99. The van der Waals surface area contributed by atoms with Gasteiger partial charge in [0.2, 0.25) is 0 Å². The van der Waals surface area contributed by atoms with Crippen molar-refractivity contribution in [1.82, 2.24) is 0 Å². The maximum absolute atomic E-state index is 12.0. The smallest absolute Gasteiger partial charge is 0.175 e. The molecule has 0 bridgehead atoms. The molecule has 0 aliphatic heterocycles. The van der Waals surface area contributed by atoms with E-state index < -0.39 is 9.84 Å². The van der Waals surface area contributed by atoms with E-state index in [2.05, 4.69) is 38.5 Å². The zero-order valence-corrected chi connectivity index (χ0v) is 15.0. The van der Waals surface area contributed by atoms with E-state index in [1.807, 2.05) is 48.5 Å². The highest BCUT2D eigenvalue weighted by molar-refractivity contribution is 14.1. The van der Waals surface area contributed by atoms with Crippen LogP contribution in [0.15, 0.2) is 58.4 Å². The molecule has 2 aromatic carbocycles. The molecule has 0 heterocycles. The second-order valence-electron chi connectivity index (χ2n) is 4.29. The highest BCUT2D eigenvalue weighted by atomic mass is 127. The SMILES string of the molecule is O=S(=O)(C=Cc1ccc(Br)cc1)Cc1ccc(I)cc1. The minimum Gasteiger partial charge on any atom is -0.224 e. The Morgan fingerprint density at radius 2 is 1.60 bits per heavy atom. The Kier molecular flexibility index (Phi) is 5.40. The monoisotopic (exact) mass is 462 g/mol. The molecule has 5 heteroatoms. The molecule has 2 aromatic rings. The first-order valence-electron chi connectivity index (χ1n) is 5.85. The molecule has 0 aliphatic carbocycles. The quantitative estimate of drug-likeness (QED) is 0.620. The number of rotatable bonds is 4. The average Bonchev–Trinajstić information content (AvgIpc) is 2.41.